The molecule has 0 radical (unpaired) electrons. The molecule has 5 rings (SSSR count). The smallest absolute Gasteiger partial charge is 0.247 e. The Morgan fingerprint density at radius 1 is 1.18 bits per heavy atom. The van der Waals surface area contributed by atoms with Crippen LogP contribution in [0.15, 0.2) is 48.0 Å². The highest BCUT2D eigenvalue weighted by atomic mass is 35.5. The van der Waals surface area contributed by atoms with E-state index in [1.54, 1.807) is 35.2 Å². The molecular weight excluding hydrogens is 540 g/mol. The Labute approximate surface area is 237 Å². The SMILES string of the molecule is COc1cc(CO)cc2c1O[C@@H]1[C@@H](O)[C@H](N(Cc3ccc(Cl)cc3)C(=O)C3CCOC3)C=C(C(=O)NCCO)[C@H]21. The van der Waals surface area contributed by atoms with Crippen LogP contribution in [0.5, 0.6) is 11.5 Å². The van der Waals surface area contributed by atoms with Crippen molar-refractivity contribution in [2.75, 3.05) is 33.5 Å². The van der Waals surface area contributed by atoms with Gasteiger partial charge in [0.15, 0.2) is 11.5 Å². The Balaban J connectivity index is 1.59. The van der Waals surface area contributed by atoms with Crippen LogP contribution in [-0.4, -0.2) is 83.8 Å². The Bertz CT molecular complexity index is 1280. The second-order valence-electron chi connectivity index (χ2n) is 10.2. The monoisotopic (exact) mass is 572 g/mol. The first kappa shape index (κ1) is 28.4. The van der Waals surface area contributed by atoms with Gasteiger partial charge in [0.1, 0.15) is 12.2 Å². The minimum absolute atomic E-state index is 0.0291. The third kappa shape index (κ3) is 5.42. The summed E-state index contributed by atoms with van der Waals surface area (Å²) in [6.45, 7) is 0.437. The Morgan fingerprint density at radius 3 is 2.60 bits per heavy atom. The fraction of sp³-hybridized carbons (Fsp3) is 0.448. The van der Waals surface area contributed by atoms with Gasteiger partial charge in [-0.3, -0.25) is 9.59 Å². The maximum atomic E-state index is 13.9. The van der Waals surface area contributed by atoms with E-state index in [2.05, 4.69) is 5.32 Å². The van der Waals surface area contributed by atoms with Gasteiger partial charge in [0.05, 0.1) is 44.8 Å². The number of hydrogen-bond acceptors (Lipinski definition) is 8. The van der Waals surface area contributed by atoms with Crippen molar-refractivity contribution in [2.24, 2.45) is 5.92 Å². The van der Waals surface area contributed by atoms with Crippen molar-refractivity contribution in [2.45, 2.75) is 43.7 Å². The summed E-state index contributed by atoms with van der Waals surface area (Å²) in [7, 11) is 1.47. The molecule has 2 heterocycles. The van der Waals surface area contributed by atoms with Gasteiger partial charge in [-0.25, -0.2) is 0 Å². The van der Waals surface area contributed by atoms with E-state index in [0.717, 1.165) is 5.56 Å². The van der Waals surface area contributed by atoms with E-state index in [1.165, 1.54) is 7.11 Å². The molecule has 2 aromatic carbocycles. The number of ether oxygens (including phenoxy) is 3. The van der Waals surface area contributed by atoms with Crippen molar-refractivity contribution in [1.82, 2.24) is 10.2 Å². The van der Waals surface area contributed by atoms with Crippen molar-refractivity contribution in [1.29, 1.82) is 0 Å². The molecule has 11 heteroatoms. The predicted octanol–water partition coefficient (Wildman–Crippen LogP) is 1.53. The molecule has 1 saturated heterocycles. The van der Waals surface area contributed by atoms with Gasteiger partial charge < -0.3 is 39.7 Å². The maximum Gasteiger partial charge on any atom is 0.247 e. The second kappa shape index (κ2) is 12.2. The summed E-state index contributed by atoms with van der Waals surface area (Å²) in [6, 6.07) is 9.56. The normalized spacial score (nSPS) is 24.9. The second-order valence-corrected chi connectivity index (χ2v) is 10.6. The number of methoxy groups -OCH3 is 1. The first-order chi connectivity index (χ1) is 19.4. The van der Waals surface area contributed by atoms with E-state index in [9.17, 15) is 24.9 Å². The Kier molecular flexibility index (Phi) is 8.62. The number of nitrogens with zero attached hydrogens (tertiary/aromatic N) is 1. The summed E-state index contributed by atoms with van der Waals surface area (Å²) in [4.78, 5) is 28.9. The van der Waals surface area contributed by atoms with Gasteiger partial charge in [0.2, 0.25) is 11.8 Å². The highest BCUT2D eigenvalue weighted by Crippen LogP contribution is 2.51. The number of halogens is 1. The van der Waals surface area contributed by atoms with Gasteiger partial charge in [-0.2, -0.15) is 0 Å². The van der Waals surface area contributed by atoms with Crippen LogP contribution < -0.4 is 14.8 Å². The summed E-state index contributed by atoms with van der Waals surface area (Å²) >= 11 is 6.08. The zero-order chi connectivity index (χ0) is 28.4. The van der Waals surface area contributed by atoms with Crippen LogP contribution in [0.3, 0.4) is 0 Å². The number of hydrogen-bond donors (Lipinski definition) is 4. The van der Waals surface area contributed by atoms with Crippen LogP contribution >= 0.6 is 11.6 Å². The Morgan fingerprint density at radius 2 is 1.95 bits per heavy atom. The summed E-state index contributed by atoms with van der Waals surface area (Å²) in [6.07, 6.45) is 0.0656. The van der Waals surface area contributed by atoms with Gasteiger partial charge in [-0.1, -0.05) is 23.7 Å². The van der Waals surface area contributed by atoms with Gasteiger partial charge in [0, 0.05) is 35.9 Å². The first-order valence-corrected chi connectivity index (χ1v) is 13.6. The molecule has 0 aromatic heterocycles. The highest BCUT2D eigenvalue weighted by molar-refractivity contribution is 6.30. The highest BCUT2D eigenvalue weighted by Gasteiger charge is 2.52. The van der Waals surface area contributed by atoms with E-state index in [1.807, 2.05) is 12.1 Å². The summed E-state index contributed by atoms with van der Waals surface area (Å²) in [5, 5.41) is 34.2. The number of carbonyl (C=O) groups excluding carboxylic acids is 2. The first-order valence-electron chi connectivity index (χ1n) is 13.3. The molecule has 2 amide bonds. The lowest BCUT2D eigenvalue weighted by molar-refractivity contribution is -0.142. The number of benzene rings is 2. The molecule has 2 aliphatic heterocycles. The molecule has 1 fully saturated rings. The van der Waals surface area contributed by atoms with Crippen LogP contribution in [0.2, 0.25) is 5.02 Å². The lowest BCUT2D eigenvalue weighted by Gasteiger charge is -2.41. The van der Waals surface area contributed by atoms with E-state index in [0.29, 0.717) is 46.2 Å². The van der Waals surface area contributed by atoms with Crippen LogP contribution in [0, 0.1) is 5.92 Å². The van der Waals surface area contributed by atoms with Crippen molar-refractivity contribution in [3.05, 3.63) is 69.8 Å². The molecule has 2 aromatic rings. The van der Waals surface area contributed by atoms with Gasteiger partial charge in [0.25, 0.3) is 0 Å². The maximum absolute atomic E-state index is 13.9. The zero-order valence-electron chi connectivity index (χ0n) is 22.1. The third-order valence-electron chi connectivity index (χ3n) is 7.68. The molecule has 1 aliphatic carbocycles. The molecule has 214 valence electrons. The van der Waals surface area contributed by atoms with Gasteiger partial charge in [-0.15, -0.1) is 0 Å². The summed E-state index contributed by atoms with van der Waals surface area (Å²) in [5.41, 5.74) is 2.25. The molecule has 3 aliphatic rings. The third-order valence-corrected chi connectivity index (χ3v) is 7.93. The number of amides is 2. The largest absolute Gasteiger partial charge is 0.493 e. The van der Waals surface area contributed by atoms with Crippen molar-refractivity contribution in [3.8, 4) is 11.5 Å². The van der Waals surface area contributed by atoms with Crippen LogP contribution in [0.1, 0.15) is 29.0 Å². The molecular formula is C29H33ClN2O8. The molecule has 1 unspecified atom stereocenters. The quantitative estimate of drug-likeness (QED) is 0.355. The van der Waals surface area contributed by atoms with E-state index in [4.69, 9.17) is 25.8 Å². The molecule has 4 N–H and O–H groups in total. The number of rotatable bonds is 9. The van der Waals surface area contributed by atoms with Crippen molar-refractivity contribution in [3.63, 3.8) is 0 Å². The Hall–Kier alpha value is -3.15. The molecule has 10 nitrogen and oxygen atoms in total. The van der Waals surface area contributed by atoms with Crippen molar-refractivity contribution < 1.29 is 39.1 Å². The predicted molar refractivity (Wildman–Crippen MR) is 145 cm³/mol. The average molecular weight is 573 g/mol. The van der Waals surface area contributed by atoms with E-state index in [-0.39, 0.29) is 44.7 Å². The van der Waals surface area contributed by atoms with E-state index < -0.39 is 30.1 Å². The van der Waals surface area contributed by atoms with Gasteiger partial charge in [-0.05, 0) is 47.9 Å². The van der Waals surface area contributed by atoms with Crippen LogP contribution in [-0.2, 0) is 27.5 Å². The fourth-order valence-electron chi connectivity index (χ4n) is 5.70. The number of aliphatic hydroxyl groups excluding tert-OH is 3. The minimum Gasteiger partial charge on any atom is -0.493 e. The molecule has 0 spiro atoms. The number of carbonyl (C=O) groups is 2. The number of aliphatic hydroxyl groups is 3. The zero-order valence-corrected chi connectivity index (χ0v) is 22.8. The number of nitrogens with one attached hydrogen (secondary N) is 1. The molecule has 0 bridgehead atoms. The van der Waals surface area contributed by atoms with Crippen LogP contribution in [0.4, 0.5) is 0 Å². The summed E-state index contributed by atoms with van der Waals surface area (Å²) in [5.74, 6) is -0.985. The molecule has 40 heavy (non-hydrogen) atoms. The topological polar surface area (TPSA) is 138 Å². The van der Waals surface area contributed by atoms with Gasteiger partial charge >= 0.3 is 0 Å². The van der Waals surface area contributed by atoms with Crippen LogP contribution in [0.25, 0.3) is 0 Å². The lowest BCUT2D eigenvalue weighted by atomic mass is 9.77. The number of fused-ring (bicyclic) bond motifs is 3. The molecule has 0 saturated carbocycles. The van der Waals surface area contributed by atoms with Crippen molar-refractivity contribution >= 4 is 23.4 Å². The standard InChI is InChI=1S/C29H33ClN2O8/c1-38-23-11-17(14-34)10-20-24-21(28(36)31-7-8-33)12-22(25(35)27(24)40-26(20)23)32(29(37)18-6-9-39-15-18)13-16-2-4-19(30)5-3-16/h2-5,10-12,18,22,24-25,27,33-35H,6-9,13-15H2,1H3,(H,31,36)/t18?,22-,24+,25+,27+/m1/s1. The fourth-order valence-corrected chi connectivity index (χ4v) is 5.83. The lowest BCUT2D eigenvalue weighted by Crippen LogP contribution is -2.56. The van der Waals surface area contributed by atoms with E-state index >= 15 is 0 Å². The average Bonchev–Trinajstić information content (AvgIpc) is 3.64. The molecule has 5 atom stereocenters. The minimum atomic E-state index is -1.20. The summed E-state index contributed by atoms with van der Waals surface area (Å²) < 4.78 is 17.3.